The zero-order valence-corrected chi connectivity index (χ0v) is 14.2. The minimum absolute atomic E-state index is 0.00423. The quantitative estimate of drug-likeness (QED) is 0.799. The lowest BCUT2D eigenvalue weighted by Crippen LogP contribution is -2.29. The summed E-state index contributed by atoms with van der Waals surface area (Å²) < 4.78 is 28.6. The van der Waals surface area contributed by atoms with Crippen LogP contribution < -0.4 is 0 Å². The van der Waals surface area contributed by atoms with Gasteiger partial charge < -0.3 is 4.90 Å². The summed E-state index contributed by atoms with van der Waals surface area (Å²) in [6, 6.07) is 11.2. The van der Waals surface area contributed by atoms with E-state index < -0.39 is 11.6 Å². The Bertz CT molecular complexity index is 793. The molecule has 3 unspecified atom stereocenters. The molecule has 1 heterocycles. The van der Waals surface area contributed by atoms with Crippen LogP contribution in [-0.4, -0.2) is 23.9 Å². The summed E-state index contributed by atoms with van der Waals surface area (Å²) in [6.45, 7) is 3.72. The smallest absolute Gasteiger partial charge is 0.226 e. The molecule has 2 aromatic carbocycles. The summed E-state index contributed by atoms with van der Waals surface area (Å²) in [7, 11) is 0. The third-order valence-corrected chi connectivity index (χ3v) is 5.63. The molecule has 2 aliphatic rings. The van der Waals surface area contributed by atoms with E-state index in [0.717, 1.165) is 31.5 Å². The molecule has 4 heteroatoms. The molecule has 0 bridgehead atoms. The molecule has 1 amide bonds. The Hall–Kier alpha value is -2.23. The first-order valence-corrected chi connectivity index (χ1v) is 8.91. The topological polar surface area (TPSA) is 20.3 Å². The van der Waals surface area contributed by atoms with E-state index in [1.54, 1.807) is 12.1 Å². The number of amides is 1. The maximum atomic E-state index is 14.3. The van der Waals surface area contributed by atoms with Gasteiger partial charge in [0.1, 0.15) is 11.6 Å². The number of likely N-dealkylation sites (tertiary alicyclic amines) is 1. The van der Waals surface area contributed by atoms with Crippen LogP contribution in [0.3, 0.4) is 0 Å². The van der Waals surface area contributed by atoms with Gasteiger partial charge in [0, 0.05) is 19.0 Å². The number of halogens is 2. The number of hydrogen-bond donors (Lipinski definition) is 0. The largest absolute Gasteiger partial charge is 0.342 e. The van der Waals surface area contributed by atoms with Crippen molar-refractivity contribution in [1.82, 2.24) is 4.90 Å². The Morgan fingerprint density at radius 1 is 1.00 bits per heavy atom. The van der Waals surface area contributed by atoms with Crippen molar-refractivity contribution in [2.75, 3.05) is 13.1 Å². The highest BCUT2D eigenvalue weighted by Gasteiger charge is 2.54. The van der Waals surface area contributed by atoms with E-state index in [2.05, 4.69) is 6.92 Å². The van der Waals surface area contributed by atoms with Crippen LogP contribution >= 0.6 is 0 Å². The van der Waals surface area contributed by atoms with Crippen molar-refractivity contribution >= 4 is 5.91 Å². The number of hydrogen-bond acceptors (Lipinski definition) is 1. The lowest BCUT2D eigenvalue weighted by Gasteiger charge is -2.16. The van der Waals surface area contributed by atoms with Gasteiger partial charge >= 0.3 is 0 Å². The first kappa shape index (κ1) is 16.2. The highest BCUT2D eigenvalue weighted by atomic mass is 19.1. The molecule has 2 aromatic rings. The summed E-state index contributed by atoms with van der Waals surface area (Å²) >= 11 is 0. The van der Waals surface area contributed by atoms with Gasteiger partial charge in [0.25, 0.3) is 0 Å². The Morgan fingerprint density at radius 3 is 2.32 bits per heavy atom. The molecule has 0 aromatic heterocycles. The van der Waals surface area contributed by atoms with Crippen molar-refractivity contribution in [3.8, 4) is 11.1 Å². The molecule has 3 atom stereocenters. The highest BCUT2D eigenvalue weighted by molar-refractivity contribution is 5.85. The molecule has 2 fully saturated rings. The molecule has 1 aliphatic heterocycles. The second-order valence-corrected chi connectivity index (χ2v) is 7.13. The summed E-state index contributed by atoms with van der Waals surface area (Å²) in [5.41, 5.74) is 1.44. The zero-order valence-electron chi connectivity index (χ0n) is 14.2. The van der Waals surface area contributed by atoms with Gasteiger partial charge in [-0.1, -0.05) is 37.3 Å². The maximum Gasteiger partial charge on any atom is 0.226 e. The highest BCUT2D eigenvalue weighted by Crippen LogP contribution is 2.56. The lowest BCUT2D eigenvalue weighted by atomic mass is 9.94. The molecule has 130 valence electrons. The summed E-state index contributed by atoms with van der Waals surface area (Å²) in [6.07, 6.45) is 2.13. The number of rotatable bonds is 3. The second-order valence-electron chi connectivity index (χ2n) is 7.13. The Labute approximate surface area is 146 Å². The van der Waals surface area contributed by atoms with Crippen molar-refractivity contribution < 1.29 is 13.6 Å². The van der Waals surface area contributed by atoms with Crippen LogP contribution in [0.25, 0.3) is 11.1 Å². The molecule has 25 heavy (non-hydrogen) atoms. The van der Waals surface area contributed by atoms with Gasteiger partial charge in [-0.05, 0) is 47.9 Å². The molecule has 1 aliphatic carbocycles. The fraction of sp³-hybridized carbons (Fsp3) is 0.381. The summed E-state index contributed by atoms with van der Waals surface area (Å²) in [4.78, 5) is 14.7. The van der Waals surface area contributed by atoms with Crippen LogP contribution in [0, 0.1) is 23.5 Å². The van der Waals surface area contributed by atoms with Crippen LogP contribution in [-0.2, 0) is 4.79 Å². The van der Waals surface area contributed by atoms with Crippen molar-refractivity contribution in [2.24, 2.45) is 11.8 Å². The van der Waals surface area contributed by atoms with Gasteiger partial charge in [-0.3, -0.25) is 4.79 Å². The zero-order chi connectivity index (χ0) is 17.6. The van der Waals surface area contributed by atoms with E-state index in [-0.39, 0.29) is 29.2 Å². The van der Waals surface area contributed by atoms with Crippen LogP contribution in [0.5, 0.6) is 0 Å². The minimum Gasteiger partial charge on any atom is -0.342 e. The maximum absolute atomic E-state index is 14.3. The van der Waals surface area contributed by atoms with E-state index in [9.17, 15) is 13.6 Å². The minimum atomic E-state index is -0.567. The van der Waals surface area contributed by atoms with Crippen molar-refractivity contribution in [1.29, 1.82) is 0 Å². The predicted octanol–water partition coefficient (Wildman–Crippen LogP) is 4.60. The first-order valence-electron chi connectivity index (χ1n) is 8.91. The summed E-state index contributed by atoms with van der Waals surface area (Å²) in [5, 5.41) is 0. The van der Waals surface area contributed by atoms with E-state index >= 15 is 0 Å². The Morgan fingerprint density at radius 2 is 1.64 bits per heavy atom. The molecule has 0 N–H and O–H groups in total. The molecule has 0 radical (unpaired) electrons. The molecule has 1 saturated carbocycles. The molecule has 2 nitrogen and oxygen atoms in total. The molecular formula is C21H21F2NO. The number of carbonyl (C=O) groups is 1. The molecule has 4 rings (SSSR count). The Kier molecular flexibility index (Phi) is 4.06. The van der Waals surface area contributed by atoms with E-state index in [4.69, 9.17) is 0 Å². The van der Waals surface area contributed by atoms with Crippen molar-refractivity contribution in [3.63, 3.8) is 0 Å². The molecular weight excluding hydrogens is 320 g/mol. The van der Waals surface area contributed by atoms with Gasteiger partial charge in [-0.25, -0.2) is 8.78 Å². The van der Waals surface area contributed by atoms with Gasteiger partial charge in [-0.2, -0.15) is 0 Å². The van der Waals surface area contributed by atoms with Gasteiger partial charge in [-0.15, -0.1) is 0 Å². The monoisotopic (exact) mass is 341 g/mol. The van der Waals surface area contributed by atoms with Crippen LogP contribution in [0.4, 0.5) is 8.78 Å². The molecule has 0 spiro atoms. The van der Waals surface area contributed by atoms with Crippen LogP contribution in [0.15, 0.2) is 42.5 Å². The third-order valence-electron chi connectivity index (χ3n) is 5.63. The van der Waals surface area contributed by atoms with E-state index in [1.807, 2.05) is 17.0 Å². The fourth-order valence-electron chi connectivity index (χ4n) is 4.24. The van der Waals surface area contributed by atoms with Gasteiger partial charge in [0.05, 0.1) is 5.56 Å². The number of benzene rings is 2. The van der Waals surface area contributed by atoms with Crippen LogP contribution in [0.1, 0.15) is 31.2 Å². The predicted molar refractivity (Wildman–Crippen MR) is 93.0 cm³/mol. The van der Waals surface area contributed by atoms with Crippen LogP contribution in [0.2, 0.25) is 0 Å². The van der Waals surface area contributed by atoms with Gasteiger partial charge in [0.2, 0.25) is 5.91 Å². The standard InChI is InChI=1S/C21H21F2NO/c1-13-18(19(13)21(25)24-11-4-5-12-24)14-7-2-3-8-15(14)20-16(22)9-6-10-17(20)23/h2-3,6-10,13,18-19H,4-5,11-12H2,1H3. The van der Waals surface area contributed by atoms with E-state index in [1.165, 1.54) is 18.2 Å². The van der Waals surface area contributed by atoms with Crippen molar-refractivity contribution in [3.05, 3.63) is 59.7 Å². The third kappa shape index (κ3) is 2.74. The van der Waals surface area contributed by atoms with Crippen molar-refractivity contribution in [2.45, 2.75) is 25.7 Å². The second kappa shape index (κ2) is 6.25. The molecule has 1 saturated heterocycles. The van der Waals surface area contributed by atoms with Gasteiger partial charge in [0.15, 0.2) is 0 Å². The SMILES string of the molecule is CC1C(C(=O)N2CCCC2)C1c1ccccc1-c1c(F)cccc1F. The lowest BCUT2D eigenvalue weighted by molar-refractivity contribution is -0.131. The fourth-order valence-corrected chi connectivity index (χ4v) is 4.24. The average Bonchev–Trinajstić information content (AvgIpc) is 3.01. The normalized spacial score (nSPS) is 25.2. The average molecular weight is 341 g/mol. The first-order chi connectivity index (χ1) is 12.1. The number of nitrogens with zero attached hydrogens (tertiary/aromatic N) is 1. The number of carbonyl (C=O) groups excluding carboxylic acids is 1. The van der Waals surface area contributed by atoms with E-state index in [0.29, 0.717) is 5.56 Å². The summed E-state index contributed by atoms with van der Waals surface area (Å²) in [5.74, 6) is -0.786. The Balaban J connectivity index is 1.70.